The molecule has 6 heteroatoms. The zero-order chi connectivity index (χ0) is 44.8. The van der Waals surface area contributed by atoms with Crippen molar-refractivity contribution >= 4 is 76.5 Å². The van der Waals surface area contributed by atoms with Crippen LogP contribution in [0.15, 0.2) is 199 Å². The van der Waals surface area contributed by atoms with E-state index in [1.807, 2.05) is 65.9 Å². The first-order chi connectivity index (χ1) is 33.1. The number of hydrogen-bond donors (Lipinski definition) is 0. The zero-order valence-corrected chi connectivity index (χ0v) is 38.0. The minimum Gasteiger partial charge on any atom is -0.456 e. The molecule has 4 heterocycles. The second kappa shape index (κ2) is 17.0. The fraction of sp³-hybridized carbons (Fsp3) is 0.0656. The molecule has 4 aromatic heterocycles. The third kappa shape index (κ3) is 7.14. The summed E-state index contributed by atoms with van der Waals surface area (Å²) < 4.78 is 11.3. The standard InChI is InChI=1S/C58H36N4OS.C3H8/c1-3-15-36(16-4-1)56-59-57(61-58(60-56)40-31-32-46-45-22-7-9-29-51(45)63-52(46)35-40)39-19-12-20-41(34-39)62-50-28-6-2-5-21-44(50)48-26-13-24-42(54(48)62)37-17-11-18-38(33-37)43-25-14-27-49-47-23-8-10-30-53(47)64-55(43)49;1-3-2/h1,3-35H,2H2;3H2,1-2H3. The topological polar surface area (TPSA) is 56.7 Å². The first-order valence-corrected chi connectivity index (χ1v) is 23.8. The molecule has 12 aromatic rings. The van der Waals surface area contributed by atoms with Crippen LogP contribution in [0.3, 0.4) is 0 Å². The molecule has 0 saturated carbocycles. The molecule has 0 spiro atoms. The summed E-state index contributed by atoms with van der Waals surface area (Å²) in [4.78, 5) is 15.4. The van der Waals surface area contributed by atoms with Gasteiger partial charge in [-0.1, -0.05) is 178 Å². The van der Waals surface area contributed by atoms with Gasteiger partial charge >= 0.3 is 0 Å². The Balaban J connectivity index is 0.00000152. The number of furan rings is 1. The fourth-order valence-corrected chi connectivity index (χ4v) is 10.7. The number of aromatic nitrogens is 4. The van der Waals surface area contributed by atoms with E-state index in [9.17, 15) is 0 Å². The zero-order valence-electron chi connectivity index (χ0n) is 37.1. The number of hydrogen-bond acceptors (Lipinski definition) is 5. The van der Waals surface area contributed by atoms with E-state index < -0.39 is 0 Å². The lowest BCUT2D eigenvalue weighted by atomic mass is 9.96. The van der Waals surface area contributed by atoms with Gasteiger partial charge in [-0.05, 0) is 71.7 Å². The molecule has 1 aliphatic rings. The van der Waals surface area contributed by atoms with Crippen molar-refractivity contribution in [2.75, 3.05) is 0 Å². The maximum absolute atomic E-state index is 6.31. The molecule has 0 unspecified atom stereocenters. The van der Waals surface area contributed by atoms with Crippen LogP contribution in [-0.4, -0.2) is 19.5 Å². The number of rotatable bonds is 6. The van der Waals surface area contributed by atoms with Crippen LogP contribution >= 0.6 is 11.3 Å². The highest BCUT2D eigenvalue weighted by Crippen LogP contribution is 2.43. The van der Waals surface area contributed by atoms with Gasteiger partial charge in [0.1, 0.15) is 11.2 Å². The molecule has 13 rings (SSSR count). The van der Waals surface area contributed by atoms with Crippen LogP contribution < -0.4 is 0 Å². The molecule has 0 amide bonds. The van der Waals surface area contributed by atoms with Gasteiger partial charge in [-0.2, -0.15) is 0 Å². The molecule has 0 saturated heterocycles. The summed E-state index contributed by atoms with van der Waals surface area (Å²) in [5, 5.41) is 5.96. The smallest absolute Gasteiger partial charge is 0.164 e. The lowest BCUT2D eigenvalue weighted by molar-refractivity contribution is 0.669. The van der Waals surface area contributed by atoms with Crippen molar-refractivity contribution in [3.8, 4) is 62.1 Å². The largest absolute Gasteiger partial charge is 0.456 e. The van der Waals surface area contributed by atoms with Crippen molar-refractivity contribution in [1.82, 2.24) is 19.5 Å². The third-order valence-electron chi connectivity index (χ3n) is 12.5. The fourth-order valence-electron chi connectivity index (χ4n) is 9.49. The van der Waals surface area contributed by atoms with Gasteiger partial charge in [0.25, 0.3) is 0 Å². The predicted molar refractivity (Wildman–Crippen MR) is 283 cm³/mol. The molecule has 0 bridgehead atoms. The summed E-state index contributed by atoms with van der Waals surface area (Å²) in [6, 6.07) is 64.3. The Labute approximate surface area is 392 Å². The molecule has 0 radical (unpaired) electrons. The van der Waals surface area contributed by atoms with Crippen LogP contribution in [0.2, 0.25) is 0 Å². The first-order valence-electron chi connectivity index (χ1n) is 23.0. The Morgan fingerprint density at radius 2 is 1.07 bits per heavy atom. The van der Waals surface area contributed by atoms with E-state index in [-0.39, 0.29) is 0 Å². The molecule has 0 aliphatic heterocycles. The van der Waals surface area contributed by atoms with Gasteiger partial charge in [-0.3, -0.25) is 0 Å². The van der Waals surface area contributed by atoms with Gasteiger partial charge in [0.15, 0.2) is 17.5 Å². The van der Waals surface area contributed by atoms with Crippen LogP contribution in [-0.2, 0) is 0 Å². The maximum Gasteiger partial charge on any atom is 0.164 e. The predicted octanol–water partition coefficient (Wildman–Crippen LogP) is 17.3. The van der Waals surface area contributed by atoms with Crippen molar-refractivity contribution in [3.63, 3.8) is 0 Å². The van der Waals surface area contributed by atoms with Crippen LogP contribution in [0.4, 0.5) is 0 Å². The lowest BCUT2D eigenvalue weighted by Crippen LogP contribution is -2.02. The monoisotopic (exact) mass is 880 g/mol. The van der Waals surface area contributed by atoms with Crippen molar-refractivity contribution in [2.24, 2.45) is 0 Å². The number of thiophene rings is 1. The van der Waals surface area contributed by atoms with Crippen molar-refractivity contribution in [2.45, 2.75) is 26.7 Å². The maximum atomic E-state index is 6.31. The second-order valence-electron chi connectivity index (χ2n) is 17.0. The Hall–Kier alpha value is -8.19. The number of allylic oxidation sites excluding steroid dienone is 2. The molecule has 67 heavy (non-hydrogen) atoms. The van der Waals surface area contributed by atoms with Crippen LogP contribution in [0.25, 0.3) is 127 Å². The highest BCUT2D eigenvalue weighted by atomic mass is 32.1. The van der Waals surface area contributed by atoms with E-state index in [0.29, 0.717) is 17.5 Å². The Morgan fingerprint density at radius 3 is 1.91 bits per heavy atom. The van der Waals surface area contributed by atoms with Gasteiger partial charge in [0.2, 0.25) is 0 Å². The minimum atomic E-state index is 0.582. The lowest BCUT2D eigenvalue weighted by Gasteiger charge is -2.15. The number of nitrogens with zero attached hydrogens (tertiary/aromatic N) is 4. The molecule has 0 fully saturated rings. The normalized spacial score (nSPS) is 12.2. The van der Waals surface area contributed by atoms with Crippen molar-refractivity contribution in [1.29, 1.82) is 0 Å². The molecule has 320 valence electrons. The van der Waals surface area contributed by atoms with Crippen molar-refractivity contribution in [3.05, 3.63) is 205 Å². The summed E-state index contributed by atoms with van der Waals surface area (Å²) >= 11 is 1.87. The van der Waals surface area contributed by atoms with Crippen LogP contribution in [0, 0.1) is 0 Å². The molecule has 1 aliphatic carbocycles. The number of fused-ring (bicyclic) bond motifs is 9. The molecule has 5 nitrogen and oxygen atoms in total. The van der Waals surface area contributed by atoms with E-state index in [2.05, 4.69) is 170 Å². The van der Waals surface area contributed by atoms with Gasteiger partial charge in [0.05, 0.1) is 11.2 Å². The molecular weight excluding hydrogens is 837 g/mol. The van der Waals surface area contributed by atoms with Crippen molar-refractivity contribution < 1.29 is 4.42 Å². The van der Waals surface area contributed by atoms with Crippen LogP contribution in [0.5, 0.6) is 0 Å². The van der Waals surface area contributed by atoms with Crippen LogP contribution in [0.1, 0.15) is 37.9 Å². The first kappa shape index (κ1) is 40.3. The quantitative estimate of drug-likeness (QED) is 0.167. The van der Waals surface area contributed by atoms with Gasteiger partial charge in [-0.15, -0.1) is 11.3 Å². The van der Waals surface area contributed by atoms with E-state index in [1.165, 1.54) is 48.7 Å². The Kier molecular flexibility index (Phi) is 10.2. The third-order valence-corrected chi connectivity index (χ3v) is 13.7. The average molecular weight is 881 g/mol. The van der Waals surface area contributed by atoms with E-state index in [4.69, 9.17) is 19.4 Å². The summed E-state index contributed by atoms with van der Waals surface area (Å²) in [6.07, 6.45) is 11.2. The summed E-state index contributed by atoms with van der Waals surface area (Å²) in [7, 11) is 0. The highest BCUT2D eigenvalue weighted by molar-refractivity contribution is 7.26. The molecule has 0 atom stereocenters. The van der Waals surface area contributed by atoms with Gasteiger partial charge in [-0.25, -0.2) is 15.0 Å². The number of para-hydroxylation sites is 2. The highest BCUT2D eigenvalue weighted by Gasteiger charge is 2.22. The van der Waals surface area contributed by atoms with E-state index in [1.54, 1.807) is 0 Å². The summed E-state index contributed by atoms with van der Waals surface area (Å²) in [5.41, 5.74) is 13.6. The minimum absolute atomic E-state index is 0.582. The summed E-state index contributed by atoms with van der Waals surface area (Å²) in [5.74, 6) is 1.78. The Morgan fingerprint density at radius 1 is 0.478 bits per heavy atom. The average Bonchev–Trinajstić information content (AvgIpc) is 3.99. The summed E-state index contributed by atoms with van der Waals surface area (Å²) in [6.45, 7) is 4.25. The van der Waals surface area contributed by atoms with Gasteiger partial charge < -0.3 is 8.98 Å². The van der Waals surface area contributed by atoms with E-state index >= 15 is 0 Å². The Bertz CT molecular complexity index is 3910. The van der Waals surface area contributed by atoms with Gasteiger partial charge in [0, 0.05) is 69.8 Å². The second-order valence-corrected chi connectivity index (χ2v) is 18.0. The SMILES string of the molecule is C1=Cc2c(n(-c3cccc(-c4nc(-c5ccccc5)nc(-c5ccc6c(c5)oc5ccccc56)n4)c3)c3c(-c4cccc(-c5cccc6c5sc5ccccc56)c4)cccc23)C=CC1.CCC. The number of benzene rings is 8. The van der Waals surface area contributed by atoms with E-state index in [0.717, 1.165) is 73.1 Å². The molecular formula is C61H44N4OS. The molecule has 8 aromatic carbocycles. The molecule has 0 N–H and O–H groups in total.